The summed E-state index contributed by atoms with van der Waals surface area (Å²) in [5.74, 6) is -0.129. The highest BCUT2D eigenvalue weighted by atomic mass is 16.2. The van der Waals surface area contributed by atoms with Crippen LogP contribution in [0.3, 0.4) is 0 Å². The first-order valence-corrected chi connectivity index (χ1v) is 6.30. The quantitative estimate of drug-likeness (QED) is 0.798. The average molecular weight is 256 g/mol. The van der Waals surface area contributed by atoms with E-state index in [1.807, 2.05) is 25.2 Å². The maximum absolute atomic E-state index is 12.1. The zero-order chi connectivity index (χ0) is 13.4. The molecule has 3 rings (SSSR count). The highest BCUT2D eigenvalue weighted by Crippen LogP contribution is 2.32. The fourth-order valence-electron chi connectivity index (χ4n) is 2.55. The molecule has 98 valence electrons. The summed E-state index contributed by atoms with van der Waals surface area (Å²) >= 11 is 0. The summed E-state index contributed by atoms with van der Waals surface area (Å²) in [4.78, 5) is 16.1. The first-order chi connectivity index (χ1) is 9.13. The van der Waals surface area contributed by atoms with E-state index in [0.29, 0.717) is 5.69 Å². The summed E-state index contributed by atoms with van der Waals surface area (Å²) < 4.78 is 1.76. The summed E-state index contributed by atoms with van der Waals surface area (Å²) in [6.45, 7) is 0. The number of carbonyl (C=O) groups is 1. The summed E-state index contributed by atoms with van der Waals surface area (Å²) in [6, 6.07) is 5.93. The molecule has 19 heavy (non-hydrogen) atoms. The van der Waals surface area contributed by atoms with Crippen LogP contribution < -0.4 is 11.1 Å². The molecule has 0 saturated heterocycles. The van der Waals surface area contributed by atoms with E-state index >= 15 is 0 Å². The smallest absolute Gasteiger partial charge is 0.271 e. The first-order valence-electron chi connectivity index (χ1n) is 6.30. The molecule has 3 N–H and O–H groups in total. The van der Waals surface area contributed by atoms with Gasteiger partial charge in [-0.3, -0.25) is 4.79 Å². The van der Waals surface area contributed by atoms with Gasteiger partial charge in [-0.05, 0) is 36.1 Å². The van der Waals surface area contributed by atoms with E-state index in [4.69, 9.17) is 5.73 Å². The molecule has 1 unspecified atom stereocenters. The standard InChI is InChI=1S/C14H16N4O/c1-18-7-13(16-8-18)14(19)17-12-5-2-9-6-10(15)3-4-11(9)12/h3-4,6-8,12H,2,5,15H2,1H3,(H,17,19). The number of fused-ring (bicyclic) bond motifs is 1. The lowest BCUT2D eigenvalue weighted by molar-refractivity contribution is 0.0932. The number of nitrogens with two attached hydrogens (primary N) is 1. The summed E-state index contributed by atoms with van der Waals surface area (Å²) in [6.07, 6.45) is 5.21. The van der Waals surface area contributed by atoms with Crippen LogP contribution in [0.15, 0.2) is 30.7 Å². The van der Waals surface area contributed by atoms with Crippen LogP contribution in [0.4, 0.5) is 5.69 Å². The Morgan fingerprint density at radius 1 is 1.53 bits per heavy atom. The van der Waals surface area contributed by atoms with Gasteiger partial charge in [-0.1, -0.05) is 6.07 Å². The predicted molar refractivity (Wildman–Crippen MR) is 72.6 cm³/mol. The van der Waals surface area contributed by atoms with E-state index in [0.717, 1.165) is 18.5 Å². The molecule has 5 nitrogen and oxygen atoms in total. The van der Waals surface area contributed by atoms with Gasteiger partial charge in [0.2, 0.25) is 0 Å². The first kappa shape index (κ1) is 11.8. The molecule has 0 saturated carbocycles. The van der Waals surface area contributed by atoms with Crippen molar-refractivity contribution >= 4 is 11.6 Å². The second kappa shape index (κ2) is 4.42. The fraction of sp³-hybridized carbons (Fsp3) is 0.286. The van der Waals surface area contributed by atoms with Crippen molar-refractivity contribution in [1.29, 1.82) is 0 Å². The van der Waals surface area contributed by atoms with Crippen LogP contribution in [0.5, 0.6) is 0 Å². The van der Waals surface area contributed by atoms with Gasteiger partial charge in [-0.25, -0.2) is 4.98 Å². The molecule has 1 aliphatic rings. The highest BCUT2D eigenvalue weighted by Gasteiger charge is 2.24. The van der Waals surface area contributed by atoms with Crippen molar-refractivity contribution in [2.45, 2.75) is 18.9 Å². The molecule has 1 atom stereocenters. The number of hydrogen-bond acceptors (Lipinski definition) is 3. The van der Waals surface area contributed by atoms with Crippen LogP contribution >= 0.6 is 0 Å². The zero-order valence-electron chi connectivity index (χ0n) is 10.8. The van der Waals surface area contributed by atoms with Gasteiger partial charge >= 0.3 is 0 Å². The predicted octanol–water partition coefficient (Wildman–Crippen LogP) is 1.42. The minimum absolute atomic E-state index is 0.0603. The largest absolute Gasteiger partial charge is 0.399 e. The SMILES string of the molecule is Cn1cnc(C(=O)NC2CCc3cc(N)ccc32)c1. The lowest BCUT2D eigenvalue weighted by Gasteiger charge is -2.13. The van der Waals surface area contributed by atoms with Crippen LogP contribution in [0.2, 0.25) is 0 Å². The second-order valence-electron chi connectivity index (χ2n) is 4.95. The number of anilines is 1. The van der Waals surface area contributed by atoms with Gasteiger partial charge in [0, 0.05) is 18.9 Å². The van der Waals surface area contributed by atoms with Crippen molar-refractivity contribution < 1.29 is 4.79 Å². The molecule has 0 bridgehead atoms. The van der Waals surface area contributed by atoms with Crippen molar-refractivity contribution in [3.63, 3.8) is 0 Å². The summed E-state index contributed by atoms with van der Waals surface area (Å²) in [5, 5.41) is 3.03. The Kier molecular flexibility index (Phi) is 2.74. The molecule has 1 aromatic heterocycles. The fourth-order valence-corrected chi connectivity index (χ4v) is 2.55. The number of rotatable bonds is 2. The highest BCUT2D eigenvalue weighted by molar-refractivity contribution is 5.92. The number of hydrogen-bond donors (Lipinski definition) is 2. The van der Waals surface area contributed by atoms with E-state index in [1.54, 1.807) is 17.1 Å². The Labute approximate surface area is 111 Å². The Hall–Kier alpha value is -2.30. The third-order valence-corrected chi connectivity index (χ3v) is 3.49. The third-order valence-electron chi connectivity index (χ3n) is 3.49. The lowest BCUT2D eigenvalue weighted by Crippen LogP contribution is -2.27. The van der Waals surface area contributed by atoms with Crippen LogP contribution in [0.1, 0.15) is 34.1 Å². The number of aryl methyl sites for hydroxylation is 2. The molecule has 0 spiro atoms. The van der Waals surface area contributed by atoms with Gasteiger partial charge in [0.05, 0.1) is 12.4 Å². The summed E-state index contributed by atoms with van der Waals surface area (Å²) in [5.41, 5.74) is 9.39. The molecular formula is C14H16N4O. The van der Waals surface area contributed by atoms with Gasteiger partial charge in [0.1, 0.15) is 5.69 Å². The van der Waals surface area contributed by atoms with Gasteiger partial charge in [-0.15, -0.1) is 0 Å². The molecule has 0 aliphatic heterocycles. The Morgan fingerprint density at radius 2 is 2.37 bits per heavy atom. The van der Waals surface area contributed by atoms with Crippen LogP contribution in [0.25, 0.3) is 0 Å². The second-order valence-corrected chi connectivity index (χ2v) is 4.95. The van der Waals surface area contributed by atoms with Gasteiger partial charge in [0.25, 0.3) is 5.91 Å². The molecular weight excluding hydrogens is 240 g/mol. The van der Waals surface area contributed by atoms with E-state index < -0.39 is 0 Å². The number of benzene rings is 1. The average Bonchev–Trinajstić information content (AvgIpc) is 2.96. The van der Waals surface area contributed by atoms with Gasteiger partial charge in [-0.2, -0.15) is 0 Å². The van der Waals surface area contributed by atoms with E-state index in [-0.39, 0.29) is 11.9 Å². The van der Waals surface area contributed by atoms with E-state index in [2.05, 4.69) is 10.3 Å². The minimum atomic E-state index is -0.129. The number of nitrogens with one attached hydrogen (secondary N) is 1. The Bertz CT molecular complexity index is 632. The van der Waals surface area contributed by atoms with Gasteiger partial charge in [0.15, 0.2) is 0 Å². The van der Waals surface area contributed by atoms with Gasteiger partial charge < -0.3 is 15.6 Å². The maximum atomic E-state index is 12.1. The number of nitrogen functional groups attached to an aromatic ring is 1. The number of aromatic nitrogens is 2. The third kappa shape index (κ3) is 2.19. The molecule has 1 aliphatic carbocycles. The van der Waals surface area contributed by atoms with Crippen molar-refractivity contribution in [3.8, 4) is 0 Å². The molecule has 1 heterocycles. The topological polar surface area (TPSA) is 72.9 Å². The zero-order valence-corrected chi connectivity index (χ0v) is 10.8. The van der Waals surface area contributed by atoms with Crippen molar-refractivity contribution in [2.75, 3.05) is 5.73 Å². The molecule has 1 aromatic carbocycles. The maximum Gasteiger partial charge on any atom is 0.271 e. The monoisotopic (exact) mass is 256 g/mol. The molecule has 2 aromatic rings. The van der Waals surface area contributed by atoms with Crippen molar-refractivity contribution in [1.82, 2.24) is 14.9 Å². The minimum Gasteiger partial charge on any atom is -0.399 e. The van der Waals surface area contributed by atoms with Crippen LogP contribution in [0, 0.1) is 0 Å². The van der Waals surface area contributed by atoms with E-state index in [1.165, 1.54) is 11.1 Å². The number of carbonyl (C=O) groups excluding carboxylic acids is 1. The van der Waals surface area contributed by atoms with Crippen LogP contribution in [-0.4, -0.2) is 15.5 Å². The Balaban J connectivity index is 1.78. The normalized spacial score (nSPS) is 17.2. The number of amides is 1. The van der Waals surface area contributed by atoms with E-state index in [9.17, 15) is 4.79 Å². The van der Waals surface area contributed by atoms with Crippen molar-refractivity contribution in [2.24, 2.45) is 7.05 Å². The number of imidazole rings is 1. The summed E-state index contributed by atoms with van der Waals surface area (Å²) in [7, 11) is 1.84. The Morgan fingerprint density at radius 3 is 3.11 bits per heavy atom. The molecule has 0 radical (unpaired) electrons. The lowest BCUT2D eigenvalue weighted by atomic mass is 10.1. The number of nitrogens with zero attached hydrogens (tertiary/aromatic N) is 2. The molecule has 0 fully saturated rings. The van der Waals surface area contributed by atoms with Crippen molar-refractivity contribution in [3.05, 3.63) is 47.5 Å². The van der Waals surface area contributed by atoms with Crippen LogP contribution in [-0.2, 0) is 13.5 Å². The molecule has 1 amide bonds. The molecule has 5 heteroatoms.